The van der Waals surface area contributed by atoms with E-state index in [-0.39, 0.29) is 18.0 Å². The highest BCUT2D eigenvalue weighted by Crippen LogP contribution is 2.30. The molecule has 1 aliphatic rings. The first-order chi connectivity index (χ1) is 7.07. The highest BCUT2D eigenvalue weighted by Gasteiger charge is 2.34. The fraction of sp³-hybridized carbons (Fsp3) is 0.556. The normalized spacial score (nSPS) is 20.3. The van der Waals surface area contributed by atoms with Gasteiger partial charge in [0, 0.05) is 32.0 Å². The number of hydrogen-bond donors (Lipinski definition) is 0. The lowest BCUT2D eigenvalue weighted by Gasteiger charge is -2.32. The Morgan fingerprint density at radius 1 is 1.33 bits per heavy atom. The molecule has 3 nitrogen and oxygen atoms in total. The lowest BCUT2D eigenvalue weighted by Crippen LogP contribution is -2.39. The standard InChI is InChI=1S/C9H10ClF2N3/c10-8-5-7(6-13-14-8)15-3-1-9(11,12)2-4-15/h5-6H,1-4H2. The number of rotatable bonds is 1. The molecule has 0 amide bonds. The van der Waals surface area contributed by atoms with Crippen LogP contribution in [0.4, 0.5) is 14.5 Å². The van der Waals surface area contributed by atoms with Crippen LogP contribution in [0.25, 0.3) is 0 Å². The molecule has 1 aromatic heterocycles. The first-order valence-electron chi connectivity index (χ1n) is 4.68. The third kappa shape index (κ3) is 2.53. The van der Waals surface area contributed by atoms with Gasteiger partial charge in [-0.05, 0) is 0 Å². The minimum Gasteiger partial charge on any atom is -0.370 e. The maximum Gasteiger partial charge on any atom is 0.251 e. The fourth-order valence-electron chi connectivity index (χ4n) is 1.60. The summed E-state index contributed by atoms with van der Waals surface area (Å²) < 4.78 is 25.8. The number of piperidine rings is 1. The van der Waals surface area contributed by atoms with Gasteiger partial charge in [-0.1, -0.05) is 11.6 Å². The summed E-state index contributed by atoms with van der Waals surface area (Å²) in [5.41, 5.74) is 0.755. The molecule has 2 heterocycles. The zero-order valence-corrected chi connectivity index (χ0v) is 8.71. The summed E-state index contributed by atoms with van der Waals surface area (Å²) in [4.78, 5) is 1.85. The van der Waals surface area contributed by atoms with Gasteiger partial charge in [0.2, 0.25) is 0 Å². The molecular weight excluding hydrogens is 224 g/mol. The average molecular weight is 234 g/mol. The molecular formula is C9H10ClF2N3. The van der Waals surface area contributed by atoms with E-state index in [1.807, 2.05) is 4.90 Å². The van der Waals surface area contributed by atoms with Crippen molar-refractivity contribution in [1.29, 1.82) is 0 Å². The minimum absolute atomic E-state index is 0.118. The van der Waals surface area contributed by atoms with Gasteiger partial charge in [-0.2, -0.15) is 5.10 Å². The lowest BCUT2D eigenvalue weighted by molar-refractivity contribution is -0.0220. The van der Waals surface area contributed by atoms with E-state index in [9.17, 15) is 8.78 Å². The van der Waals surface area contributed by atoms with Crippen LogP contribution in [0.15, 0.2) is 12.3 Å². The van der Waals surface area contributed by atoms with Gasteiger partial charge in [-0.3, -0.25) is 0 Å². The van der Waals surface area contributed by atoms with Gasteiger partial charge in [-0.25, -0.2) is 8.78 Å². The quantitative estimate of drug-likeness (QED) is 0.746. The van der Waals surface area contributed by atoms with Crippen LogP contribution in [0, 0.1) is 0 Å². The maximum absolute atomic E-state index is 12.9. The van der Waals surface area contributed by atoms with Gasteiger partial charge in [-0.15, -0.1) is 5.10 Å². The van der Waals surface area contributed by atoms with Crippen molar-refractivity contribution in [3.05, 3.63) is 17.4 Å². The molecule has 0 radical (unpaired) electrons. The number of anilines is 1. The first kappa shape index (κ1) is 10.5. The van der Waals surface area contributed by atoms with Crippen molar-refractivity contribution < 1.29 is 8.78 Å². The van der Waals surface area contributed by atoms with Gasteiger partial charge in [0.1, 0.15) is 0 Å². The predicted molar refractivity (Wildman–Crippen MR) is 53.4 cm³/mol. The average Bonchev–Trinajstić information content (AvgIpc) is 2.17. The second kappa shape index (κ2) is 3.89. The smallest absolute Gasteiger partial charge is 0.251 e. The van der Waals surface area contributed by atoms with E-state index in [1.54, 1.807) is 6.07 Å². The van der Waals surface area contributed by atoms with E-state index in [1.165, 1.54) is 6.20 Å². The number of alkyl halides is 2. The van der Waals surface area contributed by atoms with Crippen LogP contribution in [0.5, 0.6) is 0 Å². The van der Waals surface area contributed by atoms with Crippen molar-refractivity contribution in [2.24, 2.45) is 0 Å². The Morgan fingerprint density at radius 2 is 2.00 bits per heavy atom. The highest BCUT2D eigenvalue weighted by molar-refractivity contribution is 6.29. The largest absolute Gasteiger partial charge is 0.370 e. The van der Waals surface area contributed by atoms with Gasteiger partial charge in [0.25, 0.3) is 5.92 Å². The molecule has 15 heavy (non-hydrogen) atoms. The summed E-state index contributed by atoms with van der Waals surface area (Å²) >= 11 is 5.67. The molecule has 6 heteroatoms. The van der Waals surface area contributed by atoms with E-state index in [0.717, 1.165) is 5.69 Å². The summed E-state index contributed by atoms with van der Waals surface area (Å²) in [5, 5.41) is 7.57. The molecule has 1 aromatic rings. The van der Waals surface area contributed by atoms with Crippen LogP contribution in [0.3, 0.4) is 0 Å². The van der Waals surface area contributed by atoms with Gasteiger partial charge < -0.3 is 4.90 Å². The Bertz CT molecular complexity index is 349. The van der Waals surface area contributed by atoms with Crippen molar-refractivity contribution in [3.63, 3.8) is 0 Å². The van der Waals surface area contributed by atoms with Gasteiger partial charge in [0.05, 0.1) is 11.9 Å². The van der Waals surface area contributed by atoms with Crippen LogP contribution in [-0.4, -0.2) is 29.2 Å². The third-order valence-corrected chi connectivity index (χ3v) is 2.66. The van der Waals surface area contributed by atoms with Crippen molar-refractivity contribution in [2.45, 2.75) is 18.8 Å². The molecule has 0 saturated carbocycles. The van der Waals surface area contributed by atoms with Crippen molar-refractivity contribution in [3.8, 4) is 0 Å². The summed E-state index contributed by atoms with van der Waals surface area (Å²) in [7, 11) is 0. The lowest BCUT2D eigenvalue weighted by atomic mass is 10.1. The molecule has 1 fully saturated rings. The second-order valence-electron chi connectivity index (χ2n) is 3.58. The molecule has 82 valence electrons. The van der Waals surface area contributed by atoms with Crippen LogP contribution in [0.1, 0.15) is 12.8 Å². The Kier molecular flexibility index (Phi) is 2.73. The molecule has 1 aliphatic heterocycles. The van der Waals surface area contributed by atoms with Gasteiger partial charge in [0.15, 0.2) is 5.15 Å². The predicted octanol–water partition coefficient (Wildman–Crippen LogP) is 2.37. The molecule has 0 unspecified atom stereocenters. The Balaban J connectivity index is 2.08. The van der Waals surface area contributed by atoms with Crippen LogP contribution in [0.2, 0.25) is 5.15 Å². The monoisotopic (exact) mass is 233 g/mol. The first-order valence-corrected chi connectivity index (χ1v) is 5.06. The Morgan fingerprint density at radius 3 is 2.60 bits per heavy atom. The van der Waals surface area contributed by atoms with Crippen molar-refractivity contribution in [1.82, 2.24) is 10.2 Å². The minimum atomic E-state index is -2.53. The summed E-state index contributed by atoms with van der Waals surface area (Å²) in [6.45, 7) is 0.657. The zero-order valence-electron chi connectivity index (χ0n) is 7.96. The van der Waals surface area contributed by atoms with Crippen LogP contribution < -0.4 is 4.90 Å². The van der Waals surface area contributed by atoms with Crippen LogP contribution >= 0.6 is 11.6 Å². The SMILES string of the molecule is FC1(F)CCN(c2cnnc(Cl)c2)CC1. The summed E-state index contributed by atoms with van der Waals surface area (Å²) in [6.07, 6.45) is 1.30. The summed E-state index contributed by atoms with van der Waals surface area (Å²) in [6, 6.07) is 1.64. The molecule has 0 spiro atoms. The van der Waals surface area contributed by atoms with Gasteiger partial charge >= 0.3 is 0 Å². The number of hydrogen-bond acceptors (Lipinski definition) is 3. The van der Waals surface area contributed by atoms with E-state index in [2.05, 4.69) is 10.2 Å². The Hall–Kier alpha value is -0.970. The third-order valence-electron chi connectivity index (χ3n) is 2.47. The summed E-state index contributed by atoms with van der Waals surface area (Å²) in [5.74, 6) is -2.53. The number of halogens is 3. The molecule has 0 aliphatic carbocycles. The van der Waals surface area contributed by atoms with E-state index < -0.39 is 5.92 Å². The topological polar surface area (TPSA) is 29.0 Å². The Labute approximate surface area is 91.1 Å². The highest BCUT2D eigenvalue weighted by atomic mass is 35.5. The molecule has 1 saturated heterocycles. The maximum atomic E-state index is 12.9. The molecule has 0 bridgehead atoms. The van der Waals surface area contributed by atoms with E-state index in [4.69, 9.17) is 11.6 Å². The molecule has 0 aromatic carbocycles. The second-order valence-corrected chi connectivity index (χ2v) is 3.97. The molecule has 0 N–H and O–H groups in total. The van der Waals surface area contributed by atoms with E-state index in [0.29, 0.717) is 13.1 Å². The number of aromatic nitrogens is 2. The van der Waals surface area contributed by atoms with E-state index >= 15 is 0 Å². The van der Waals surface area contributed by atoms with Crippen molar-refractivity contribution in [2.75, 3.05) is 18.0 Å². The van der Waals surface area contributed by atoms with Crippen LogP contribution in [-0.2, 0) is 0 Å². The zero-order chi connectivity index (χ0) is 10.9. The number of nitrogens with zero attached hydrogens (tertiary/aromatic N) is 3. The van der Waals surface area contributed by atoms with Crippen molar-refractivity contribution >= 4 is 17.3 Å². The molecule has 0 atom stereocenters. The molecule has 2 rings (SSSR count). The fourth-order valence-corrected chi connectivity index (χ4v) is 1.75.